The number of nitro groups is 1. The van der Waals surface area contributed by atoms with Gasteiger partial charge in [0.15, 0.2) is 17.3 Å². The van der Waals surface area contributed by atoms with Crippen molar-refractivity contribution in [2.75, 3.05) is 34.5 Å². The number of ether oxygens (including phenoxy) is 4. The van der Waals surface area contributed by atoms with Crippen LogP contribution in [0.3, 0.4) is 0 Å². The zero-order valence-corrected chi connectivity index (χ0v) is 22.8. The Morgan fingerprint density at radius 1 is 1.08 bits per heavy atom. The molecule has 0 amide bonds. The molecule has 0 aromatic heterocycles. The summed E-state index contributed by atoms with van der Waals surface area (Å²) >= 11 is 6.55. The Hall–Kier alpha value is -3.89. The number of methoxy groups -OCH3 is 3. The molecule has 4 rings (SSSR count). The van der Waals surface area contributed by atoms with E-state index in [4.69, 9.17) is 30.5 Å². The van der Waals surface area contributed by atoms with Crippen molar-refractivity contribution in [1.29, 1.82) is 0 Å². The summed E-state index contributed by atoms with van der Waals surface area (Å²) in [6, 6.07) is 9.53. The van der Waals surface area contributed by atoms with Crippen molar-refractivity contribution in [3.05, 3.63) is 85.2 Å². The van der Waals surface area contributed by atoms with Crippen LogP contribution in [0.25, 0.3) is 0 Å². The van der Waals surface area contributed by atoms with E-state index in [9.17, 15) is 19.7 Å². The Balaban J connectivity index is 1.81. The number of nitrogens with zero attached hydrogens (tertiary/aromatic N) is 1. The molecule has 10 nitrogen and oxygen atoms in total. The lowest BCUT2D eigenvalue weighted by molar-refractivity contribution is -0.384. The van der Waals surface area contributed by atoms with E-state index < -0.39 is 16.8 Å². The summed E-state index contributed by atoms with van der Waals surface area (Å²) in [6.07, 6.45) is 0.618. The number of hydrogen-bond acceptors (Lipinski definition) is 9. The summed E-state index contributed by atoms with van der Waals surface area (Å²) in [6.45, 7) is 1.90. The molecule has 1 aliphatic carbocycles. The van der Waals surface area contributed by atoms with Gasteiger partial charge in [-0.3, -0.25) is 14.9 Å². The van der Waals surface area contributed by atoms with E-state index in [0.29, 0.717) is 34.9 Å². The maximum absolute atomic E-state index is 13.8. The van der Waals surface area contributed by atoms with Crippen LogP contribution in [0.4, 0.5) is 5.69 Å². The molecule has 0 saturated heterocycles. The van der Waals surface area contributed by atoms with Crippen LogP contribution in [0.1, 0.15) is 42.7 Å². The van der Waals surface area contributed by atoms with Crippen molar-refractivity contribution < 1.29 is 33.5 Å². The quantitative estimate of drug-likeness (QED) is 0.200. The van der Waals surface area contributed by atoms with Crippen LogP contribution in [0.5, 0.6) is 11.5 Å². The third-order valence-corrected chi connectivity index (χ3v) is 7.29. The summed E-state index contributed by atoms with van der Waals surface area (Å²) < 4.78 is 21.2. The summed E-state index contributed by atoms with van der Waals surface area (Å²) in [5, 5.41) is 15.0. The second-order valence-electron chi connectivity index (χ2n) is 9.22. The molecular formula is C28H29ClN2O8. The number of non-ortho nitro benzene ring substituents is 1. The van der Waals surface area contributed by atoms with Crippen LogP contribution in [-0.2, 0) is 19.1 Å². The highest BCUT2D eigenvalue weighted by Crippen LogP contribution is 2.48. The van der Waals surface area contributed by atoms with Crippen molar-refractivity contribution in [3.8, 4) is 11.5 Å². The second-order valence-corrected chi connectivity index (χ2v) is 9.63. The molecule has 0 unspecified atom stereocenters. The van der Waals surface area contributed by atoms with E-state index in [-0.39, 0.29) is 53.2 Å². The van der Waals surface area contributed by atoms with Gasteiger partial charge in [0.1, 0.15) is 6.61 Å². The molecule has 2 aromatic rings. The normalized spacial score (nSPS) is 18.8. The molecular weight excluding hydrogens is 528 g/mol. The van der Waals surface area contributed by atoms with Crippen molar-refractivity contribution in [2.24, 2.45) is 0 Å². The van der Waals surface area contributed by atoms with Crippen LogP contribution in [0.15, 0.2) is 58.9 Å². The fourth-order valence-corrected chi connectivity index (χ4v) is 5.35. The lowest BCUT2D eigenvalue weighted by atomic mass is 9.71. The monoisotopic (exact) mass is 556 g/mol. The molecule has 1 heterocycles. The van der Waals surface area contributed by atoms with Gasteiger partial charge in [0, 0.05) is 53.6 Å². The second kappa shape index (κ2) is 11.9. The fraction of sp³-hybridized carbons (Fsp3) is 0.357. The van der Waals surface area contributed by atoms with Gasteiger partial charge in [-0.1, -0.05) is 17.7 Å². The van der Waals surface area contributed by atoms with E-state index in [2.05, 4.69) is 5.32 Å². The molecule has 0 radical (unpaired) electrons. The average Bonchev–Trinajstić information content (AvgIpc) is 2.91. The van der Waals surface area contributed by atoms with Crippen molar-refractivity contribution in [1.82, 2.24) is 5.32 Å². The number of nitro benzene ring substituents is 1. The molecule has 1 N–H and O–H groups in total. The molecule has 39 heavy (non-hydrogen) atoms. The molecule has 2 aliphatic rings. The fourth-order valence-electron chi connectivity index (χ4n) is 5.12. The first-order valence-corrected chi connectivity index (χ1v) is 12.6. The maximum atomic E-state index is 13.8. The van der Waals surface area contributed by atoms with Crippen molar-refractivity contribution >= 4 is 29.0 Å². The van der Waals surface area contributed by atoms with E-state index in [0.717, 1.165) is 5.56 Å². The first-order valence-electron chi connectivity index (χ1n) is 12.3. The number of benzene rings is 2. The smallest absolute Gasteiger partial charge is 0.336 e. The van der Waals surface area contributed by atoms with Gasteiger partial charge in [0.2, 0.25) is 0 Å². The standard InChI is InChI=1S/C28H29ClN2O8/c1-15-25(28(33)39-10-9-36-2)26(19-14-18(31(34)35)6-7-20(19)29)27-21(30-15)11-17(12-22(27)32)16-5-8-23(37-3)24(13-16)38-4/h5-8,13-14,17,26,30H,9-12H2,1-4H3/t17-,26-/m1/s1. The van der Waals surface area contributed by atoms with Gasteiger partial charge in [-0.25, -0.2) is 4.79 Å². The molecule has 1 aliphatic heterocycles. The molecule has 206 valence electrons. The average molecular weight is 557 g/mol. The summed E-state index contributed by atoms with van der Waals surface area (Å²) in [4.78, 5) is 38.1. The number of carbonyl (C=O) groups excluding carboxylic acids is 2. The maximum Gasteiger partial charge on any atom is 0.336 e. The van der Waals surface area contributed by atoms with Crippen molar-refractivity contribution in [3.63, 3.8) is 0 Å². The molecule has 0 bridgehead atoms. The number of ketones is 1. The number of esters is 1. The summed E-state index contributed by atoms with van der Waals surface area (Å²) in [5.41, 5.74) is 2.60. The lowest BCUT2D eigenvalue weighted by Gasteiger charge is -2.37. The molecule has 0 spiro atoms. The zero-order valence-electron chi connectivity index (χ0n) is 22.0. The highest BCUT2D eigenvalue weighted by Gasteiger charge is 2.42. The Morgan fingerprint density at radius 2 is 1.82 bits per heavy atom. The third kappa shape index (κ3) is 5.62. The summed E-state index contributed by atoms with van der Waals surface area (Å²) in [7, 11) is 4.58. The van der Waals surface area contributed by atoms with Crippen LogP contribution >= 0.6 is 11.6 Å². The number of rotatable bonds is 9. The van der Waals surface area contributed by atoms with Gasteiger partial charge in [0.25, 0.3) is 5.69 Å². The van der Waals surface area contributed by atoms with E-state index in [1.807, 2.05) is 12.1 Å². The highest BCUT2D eigenvalue weighted by molar-refractivity contribution is 6.31. The van der Waals surface area contributed by atoms with Crippen LogP contribution in [-0.4, -0.2) is 51.2 Å². The predicted molar refractivity (Wildman–Crippen MR) is 143 cm³/mol. The molecule has 0 fully saturated rings. The van der Waals surface area contributed by atoms with Gasteiger partial charge in [0.05, 0.1) is 31.3 Å². The minimum Gasteiger partial charge on any atom is -0.493 e. The third-order valence-electron chi connectivity index (χ3n) is 6.95. The largest absolute Gasteiger partial charge is 0.493 e. The van der Waals surface area contributed by atoms with Gasteiger partial charge < -0.3 is 24.3 Å². The Morgan fingerprint density at radius 3 is 2.49 bits per heavy atom. The highest BCUT2D eigenvalue weighted by atomic mass is 35.5. The summed E-state index contributed by atoms with van der Waals surface area (Å²) in [5.74, 6) is -0.848. The Labute approximate surface area is 230 Å². The number of nitrogens with one attached hydrogen (secondary N) is 1. The topological polar surface area (TPSA) is 126 Å². The molecule has 0 saturated carbocycles. The number of halogens is 1. The molecule has 2 atom stereocenters. The number of dihydropyridines is 1. The van der Waals surface area contributed by atoms with E-state index in [1.54, 1.807) is 27.2 Å². The molecule has 2 aromatic carbocycles. The number of allylic oxidation sites excluding steroid dienone is 3. The van der Waals surface area contributed by atoms with E-state index >= 15 is 0 Å². The minimum atomic E-state index is -0.942. The van der Waals surface area contributed by atoms with Gasteiger partial charge in [-0.2, -0.15) is 0 Å². The van der Waals surface area contributed by atoms with Crippen molar-refractivity contribution in [2.45, 2.75) is 31.6 Å². The van der Waals surface area contributed by atoms with Gasteiger partial charge in [-0.05, 0) is 48.6 Å². The minimum absolute atomic E-state index is 0.00271. The predicted octanol–water partition coefficient (Wildman–Crippen LogP) is 4.82. The first-order chi connectivity index (χ1) is 18.7. The molecule has 11 heteroatoms. The Kier molecular flexibility index (Phi) is 8.57. The van der Waals surface area contributed by atoms with Gasteiger partial charge >= 0.3 is 5.97 Å². The van der Waals surface area contributed by atoms with Gasteiger partial charge in [-0.15, -0.1) is 0 Å². The van der Waals surface area contributed by atoms with Crippen LogP contribution in [0, 0.1) is 10.1 Å². The van der Waals surface area contributed by atoms with Crippen LogP contribution in [0.2, 0.25) is 5.02 Å². The first kappa shape index (κ1) is 28.1. The lowest BCUT2D eigenvalue weighted by Crippen LogP contribution is -2.36. The number of carbonyl (C=O) groups is 2. The zero-order chi connectivity index (χ0) is 28.3. The van der Waals surface area contributed by atoms with Crippen LogP contribution < -0.4 is 14.8 Å². The van der Waals surface area contributed by atoms with E-state index in [1.165, 1.54) is 25.3 Å². The number of Topliss-reactive ketones (excluding diaryl/α,β-unsaturated/α-hetero) is 1. The number of hydrogen-bond donors (Lipinski definition) is 1. The SMILES string of the molecule is COCCOC(=O)C1=C(C)NC2=C(C(=O)C[C@H](c3ccc(OC)c(OC)c3)C2)[C@@H]1c1cc([N+](=O)[O-])ccc1Cl. The Bertz CT molecular complexity index is 1380.